The minimum absolute atomic E-state index is 0.130. The molecule has 0 aromatic heterocycles. The van der Waals surface area contributed by atoms with Crippen molar-refractivity contribution in [1.29, 1.82) is 0 Å². The van der Waals surface area contributed by atoms with E-state index in [1.165, 1.54) is 0 Å². The highest BCUT2D eigenvalue weighted by molar-refractivity contribution is 6.80. The molecular weight excluding hydrogens is 386 g/mol. The predicted octanol–water partition coefficient (Wildman–Crippen LogP) is 1.86. The summed E-state index contributed by atoms with van der Waals surface area (Å²) in [6.07, 6.45) is -1.78. The fourth-order valence-electron chi connectivity index (χ4n) is 3.69. The molecule has 154 valence electrons. The molecule has 0 bridgehead atoms. The van der Waals surface area contributed by atoms with Gasteiger partial charge in [0, 0.05) is 0 Å². The quantitative estimate of drug-likeness (QED) is 0.758. The highest BCUT2D eigenvalue weighted by Gasteiger charge is 2.45. The lowest BCUT2D eigenvalue weighted by Gasteiger charge is -2.44. The molecule has 1 aliphatic heterocycles. The Bertz CT molecular complexity index is 798. The fraction of sp³-hybridized carbons (Fsp3) is 0.364. The zero-order valence-corrected chi connectivity index (χ0v) is 18.1. The Morgan fingerprint density at radius 3 is 2.07 bits per heavy atom. The number of carbonyl (C=O) groups is 2. The molecular formula is C22H27NO5Si. The molecule has 0 aliphatic carbocycles. The second-order valence-corrected chi connectivity index (χ2v) is 10.6. The third kappa shape index (κ3) is 4.93. The SMILES string of the molecule is CC(C)(C)C(O[SiH](c1ccccc1)c1ccccc1)[C@H]1COCC(=O)N1C(=O)O. The van der Waals surface area contributed by atoms with E-state index in [4.69, 9.17) is 9.16 Å². The van der Waals surface area contributed by atoms with Gasteiger partial charge in [0.05, 0.1) is 18.8 Å². The molecule has 1 heterocycles. The lowest BCUT2D eigenvalue weighted by atomic mass is 9.84. The fourth-order valence-corrected chi connectivity index (χ4v) is 6.42. The van der Waals surface area contributed by atoms with Crippen LogP contribution in [0.1, 0.15) is 20.8 Å². The van der Waals surface area contributed by atoms with E-state index in [9.17, 15) is 14.7 Å². The van der Waals surface area contributed by atoms with E-state index in [1.54, 1.807) is 0 Å². The molecule has 29 heavy (non-hydrogen) atoms. The summed E-state index contributed by atoms with van der Waals surface area (Å²) in [5.74, 6) is -0.552. The zero-order valence-electron chi connectivity index (χ0n) is 16.9. The molecule has 1 saturated heterocycles. The third-order valence-electron chi connectivity index (χ3n) is 5.01. The van der Waals surface area contributed by atoms with Gasteiger partial charge in [-0.3, -0.25) is 4.79 Å². The molecule has 1 aliphatic rings. The van der Waals surface area contributed by atoms with Gasteiger partial charge >= 0.3 is 6.09 Å². The van der Waals surface area contributed by atoms with Gasteiger partial charge in [0.1, 0.15) is 6.61 Å². The summed E-state index contributed by atoms with van der Waals surface area (Å²) in [7, 11) is -2.14. The van der Waals surface area contributed by atoms with E-state index >= 15 is 0 Å². The minimum atomic E-state index is -2.14. The number of hydrogen-bond acceptors (Lipinski definition) is 4. The molecule has 6 nitrogen and oxygen atoms in total. The number of benzene rings is 2. The van der Waals surface area contributed by atoms with Gasteiger partial charge in [-0.1, -0.05) is 81.4 Å². The van der Waals surface area contributed by atoms with Crippen molar-refractivity contribution >= 4 is 31.4 Å². The van der Waals surface area contributed by atoms with Crippen LogP contribution in [-0.2, 0) is 14.0 Å². The van der Waals surface area contributed by atoms with Crippen LogP contribution in [-0.4, -0.2) is 56.4 Å². The monoisotopic (exact) mass is 413 g/mol. The first-order valence-corrected chi connectivity index (χ1v) is 11.3. The van der Waals surface area contributed by atoms with Crippen molar-refractivity contribution in [1.82, 2.24) is 4.90 Å². The number of imide groups is 1. The Labute approximate surface area is 172 Å². The van der Waals surface area contributed by atoms with Crippen LogP contribution in [0.3, 0.4) is 0 Å². The first-order valence-electron chi connectivity index (χ1n) is 9.67. The van der Waals surface area contributed by atoms with E-state index in [0.717, 1.165) is 15.3 Å². The van der Waals surface area contributed by atoms with Crippen molar-refractivity contribution in [2.24, 2.45) is 5.41 Å². The number of rotatable bonds is 5. The number of amides is 2. The second-order valence-electron chi connectivity index (χ2n) is 8.25. The number of hydrogen-bond donors (Lipinski definition) is 1. The van der Waals surface area contributed by atoms with Gasteiger partial charge in [0.25, 0.3) is 5.91 Å². The Morgan fingerprint density at radius 1 is 1.10 bits per heavy atom. The minimum Gasteiger partial charge on any atom is -0.465 e. The number of carbonyl (C=O) groups excluding carboxylic acids is 1. The molecule has 0 saturated carbocycles. The number of ether oxygens (including phenoxy) is 1. The summed E-state index contributed by atoms with van der Waals surface area (Å²) < 4.78 is 12.2. The summed E-state index contributed by atoms with van der Waals surface area (Å²) in [6, 6.07) is 19.3. The van der Waals surface area contributed by atoms with Gasteiger partial charge in [0.2, 0.25) is 9.04 Å². The van der Waals surface area contributed by atoms with Crippen LogP contribution in [0.2, 0.25) is 0 Å². The van der Waals surface area contributed by atoms with Gasteiger partial charge in [-0.25, -0.2) is 9.69 Å². The van der Waals surface area contributed by atoms with Gasteiger partial charge in [-0.15, -0.1) is 0 Å². The van der Waals surface area contributed by atoms with Crippen LogP contribution in [0.4, 0.5) is 4.79 Å². The van der Waals surface area contributed by atoms with E-state index in [0.29, 0.717) is 0 Å². The van der Waals surface area contributed by atoms with Crippen molar-refractivity contribution in [3.8, 4) is 0 Å². The molecule has 2 aromatic rings. The average molecular weight is 414 g/mol. The topological polar surface area (TPSA) is 76.1 Å². The molecule has 7 heteroatoms. The Hall–Kier alpha value is -2.48. The highest BCUT2D eigenvalue weighted by atomic mass is 28.3. The number of nitrogens with zero attached hydrogens (tertiary/aromatic N) is 1. The van der Waals surface area contributed by atoms with Crippen molar-refractivity contribution < 1.29 is 23.9 Å². The average Bonchev–Trinajstić information content (AvgIpc) is 2.68. The summed E-state index contributed by atoms with van der Waals surface area (Å²) in [4.78, 5) is 25.0. The van der Waals surface area contributed by atoms with Crippen LogP contribution >= 0.6 is 0 Å². The number of carboxylic acid groups (broad SMARTS) is 1. The van der Waals surface area contributed by atoms with E-state index in [2.05, 4.69) is 0 Å². The van der Waals surface area contributed by atoms with Gasteiger partial charge in [-0.05, 0) is 15.8 Å². The van der Waals surface area contributed by atoms with Crippen LogP contribution in [0.15, 0.2) is 60.7 Å². The maximum absolute atomic E-state index is 12.3. The number of morpholine rings is 1. The molecule has 3 rings (SSSR count). The summed E-state index contributed by atoms with van der Waals surface area (Å²) in [5, 5.41) is 11.9. The van der Waals surface area contributed by atoms with Crippen molar-refractivity contribution in [2.45, 2.75) is 32.9 Å². The summed E-state index contributed by atoms with van der Waals surface area (Å²) >= 11 is 0. The molecule has 2 aromatic carbocycles. The smallest absolute Gasteiger partial charge is 0.414 e. The van der Waals surface area contributed by atoms with E-state index < -0.39 is 38.6 Å². The summed E-state index contributed by atoms with van der Waals surface area (Å²) in [5.41, 5.74) is -0.409. The molecule has 0 radical (unpaired) electrons. The van der Waals surface area contributed by atoms with Crippen LogP contribution in [0.5, 0.6) is 0 Å². The first-order chi connectivity index (χ1) is 13.8. The molecule has 0 spiro atoms. The standard InChI is InChI=1S/C22H27NO5Si/c1-22(2,3)20(18-14-27-15-19(24)23(18)21(25)26)28-29(16-10-6-4-7-11-16)17-12-8-5-9-13-17/h4-13,18,20,29H,14-15H2,1-3H3,(H,25,26)/t18-,20?/m1/s1. The van der Waals surface area contributed by atoms with Crippen LogP contribution < -0.4 is 10.4 Å². The molecule has 1 unspecified atom stereocenters. The van der Waals surface area contributed by atoms with Crippen LogP contribution in [0, 0.1) is 5.41 Å². The second kappa shape index (κ2) is 8.90. The first kappa shape index (κ1) is 21.2. The predicted molar refractivity (Wildman–Crippen MR) is 113 cm³/mol. The molecule has 1 fully saturated rings. The normalized spacial score (nSPS) is 18.7. The third-order valence-corrected chi connectivity index (χ3v) is 7.56. The van der Waals surface area contributed by atoms with E-state index in [-0.39, 0.29) is 13.2 Å². The van der Waals surface area contributed by atoms with Crippen molar-refractivity contribution in [3.05, 3.63) is 60.7 Å². The van der Waals surface area contributed by atoms with Gasteiger partial charge in [0.15, 0.2) is 0 Å². The lowest BCUT2D eigenvalue weighted by molar-refractivity contribution is -0.151. The largest absolute Gasteiger partial charge is 0.465 e. The molecule has 2 atom stereocenters. The lowest BCUT2D eigenvalue weighted by Crippen LogP contribution is -2.62. The zero-order chi connectivity index (χ0) is 21.0. The summed E-state index contributed by atoms with van der Waals surface area (Å²) in [6.45, 7) is 5.90. The molecule has 1 N–H and O–H groups in total. The van der Waals surface area contributed by atoms with Crippen LogP contribution in [0.25, 0.3) is 0 Å². The van der Waals surface area contributed by atoms with Crippen molar-refractivity contribution in [3.63, 3.8) is 0 Å². The van der Waals surface area contributed by atoms with Crippen molar-refractivity contribution in [2.75, 3.05) is 13.2 Å². The Kier molecular flexibility index (Phi) is 6.51. The Morgan fingerprint density at radius 2 is 1.62 bits per heavy atom. The maximum atomic E-state index is 12.3. The van der Waals surface area contributed by atoms with Gasteiger partial charge < -0.3 is 14.3 Å². The van der Waals surface area contributed by atoms with Gasteiger partial charge in [-0.2, -0.15) is 0 Å². The Balaban J connectivity index is 2.01. The van der Waals surface area contributed by atoms with E-state index in [1.807, 2.05) is 81.4 Å². The maximum Gasteiger partial charge on any atom is 0.414 e. The molecule has 2 amide bonds. The highest BCUT2D eigenvalue weighted by Crippen LogP contribution is 2.30.